The van der Waals surface area contributed by atoms with Gasteiger partial charge in [-0.25, -0.2) is 4.39 Å². The van der Waals surface area contributed by atoms with Crippen molar-refractivity contribution in [2.45, 2.75) is 61.9 Å². The molecule has 1 saturated carbocycles. The maximum absolute atomic E-state index is 15.6. The number of benzene rings is 2. The second-order valence-electron chi connectivity index (χ2n) is 9.31. The fraction of sp³-hybridized carbons (Fsp3) is 0.462. The number of esters is 1. The maximum atomic E-state index is 15.6. The lowest BCUT2D eigenvalue weighted by atomic mass is 9.55. The lowest BCUT2D eigenvalue weighted by molar-refractivity contribution is -0.143. The van der Waals surface area contributed by atoms with Crippen LogP contribution in [-0.2, 0) is 19.7 Å². The monoisotopic (exact) mass is 486 g/mol. The summed E-state index contributed by atoms with van der Waals surface area (Å²) in [5.41, 5.74) is -0.370. The van der Waals surface area contributed by atoms with Gasteiger partial charge < -0.3 is 14.8 Å². The highest BCUT2D eigenvalue weighted by Crippen LogP contribution is 2.62. The number of hydrogen-bond acceptors (Lipinski definition) is 5. The minimum Gasteiger partial charge on any atom is -0.494 e. The van der Waals surface area contributed by atoms with Crippen LogP contribution in [0.2, 0.25) is 5.02 Å². The summed E-state index contributed by atoms with van der Waals surface area (Å²) >= 11 is 6.19. The van der Waals surface area contributed by atoms with E-state index in [2.05, 4.69) is 10.6 Å². The predicted molar refractivity (Wildman–Crippen MR) is 127 cm³/mol. The first-order chi connectivity index (χ1) is 16.4. The molecule has 34 heavy (non-hydrogen) atoms. The second kappa shape index (κ2) is 8.54. The Morgan fingerprint density at radius 2 is 1.97 bits per heavy atom. The highest BCUT2D eigenvalue weighted by atomic mass is 35.5. The van der Waals surface area contributed by atoms with E-state index in [-0.39, 0.29) is 16.5 Å². The van der Waals surface area contributed by atoms with E-state index in [9.17, 15) is 9.59 Å². The molecule has 2 aromatic rings. The van der Waals surface area contributed by atoms with E-state index in [4.69, 9.17) is 21.1 Å². The Kier molecular flexibility index (Phi) is 5.81. The summed E-state index contributed by atoms with van der Waals surface area (Å²) in [5.74, 6) is -1.61. The van der Waals surface area contributed by atoms with E-state index in [1.165, 1.54) is 13.2 Å². The lowest BCUT2D eigenvalue weighted by Crippen LogP contribution is -2.60. The van der Waals surface area contributed by atoms with Crippen molar-refractivity contribution in [3.63, 3.8) is 0 Å². The molecule has 2 spiro atoms. The largest absolute Gasteiger partial charge is 0.494 e. The van der Waals surface area contributed by atoms with Crippen LogP contribution >= 0.6 is 11.6 Å². The third-order valence-electron chi connectivity index (χ3n) is 7.80. The summed E-state index contributed by atoms with van der Waals surface area (Å²) in [4.78, 5) is 27.3. The Morgan fingerprint density at radius 1 is 1.21 bits per heavy atom. The fourth-order valence-electron chi connectivity index (χ4n) is 6.59. The average Bonchev–Trinajstić information content (AvgIpc) is 3.29. The highest BCUT2D eigenvalue weighted by molar-refractivity contribution is 6.30. The minimum absolute atomic E-state index is 0.0498. The van der Waals surface area contributed by atoms with Crippen molar-refractivity contribution in [1.29, 1.82) is 0 Å². The number of ether oxygens (including phenoxy) is 2. The number of fused-ring (bicyclic) bond motifs is 3. The van der Waals surface area contributed by atoms with Crippen LogP contribution in [0.5, 0.6) is 5.75 Å². The Balaban J connectivity index is 1.81. The Labute approximate surface area is 203 Å². The molecule has 1 amide bonds. The van der Waals surface area contributed by atoms with Crippen molar-refractivity contribution in [3.05, 3.63) is 58.4 Å². The van der Waals surface area contributed by atoms with E-state index in [1.54, 1.807) is 18.2 Å². The van der Waals surface area contributed by atoms with E-state index < -0.39 is 34.7 Å². The number of anilines is 1. The average molecular weight is 487 g/mol. The van der Waals surface area contributed by atoms with Crippen LogP contribution in [-0.4, -0.2) is 37.2 Å². The van der Waals surface area contributed by atoms with Crippen LogP contribution in [0.4, 0.5) is 10.1 Å². The third-order valence-corrected chi connectivity index (χ3v) is 8.09. The highest BCUT2D eigenvalue weighted by Gasteiger charge is 2.72. The van der Waals surface area contributed by atoms with E-state index in [0.717, 1.165) is 24.8 Å². The van der Waals surface area contributed by atoms with Gasteiger partial charge in [-0.15, -0.1) is 0 Å². The molecule has 2 aliphatic heterocycles. The zero-order chi connectivity index (χ0) is 24.1. The van der Waals surface area contributed by atoms with Gasteiger partial charge in [0.25, 0.3) is 0 Å². The SMILES string of the molecule is CCOc1ccc2c(c1)NC(=O)[C@]21[C@@H](c2cccc(Cl)c2F)[C@H](C(=O)OC)NC12CCCCC2. The number of halogens is 2. The first-order valence-corrected chi connectivity index (χ1v) is 12.2. The van der Waals surface area contributed by atoms with Crippen LogP contribution in [0.1, 0.15) is 56.1 Å². The first kappa shape index (κ1) is 23.1. The lowest BCUT2D eigenvalue weighted by Gasteiger charge is -2.47. The van der Waals surface area contributed by atoms with Gasteiger partial charge in [0.15, 0.2) is 0 Å². The van der Waals surface area contributed by atoms with Gasteiger partial charge in [-0.2, -0.15) is 0 Å². The predicted octanol–water partition coefficient (Wildman–Crippen LogP) is 4.70. The van der Waals surface area contributed by atoms with Crippen LogP contribution in [0.15, 0.2) is 36.4 Å². The molecule has 1 saturated heterocycles. The molecule has 2 fully saturated rings. The van der Waals surface area contributed by atoms with Gasteiger partial charge in [0, 0.05) is 23.2 Å². The Hall–Kier alpha value is -2.64. The number of carbonyl (C=O) groups excluding carboxylic acids is 2. The molecule has 3 atom stereocenters. The van der Waals surface area contributed by atoms with Crippen LogP contribution < -0.4 is 15.4 Å². The van der Waals surface area contributed by atoms with Crippen molar-refractivity contribution in [2.75, 3.05) is 19.0 Å². The molecule has 2 aromatic carbocycles. The molecule has 180 valence electrons. The Morgan fingerprint density at radius 3 is 2.68 bits per heavy atom. The summed E-state index contributed by atoms with van der Waals surface area (Å²) in [6.07, 6.45) is 4.19. The number of rotatable bonds is 4. The Bertz CT molecular complexity index is 1150. The van der Waals surface area contributed by atoms with Crippen molar-refractivity contribution in [2.24, 2.45) is 0 Å². The van der Waals surface area contributed by atoms with Crippen LogP contribution in [0, 0.1) is 5.82 Å². The molecule has 0 aromatic heterocycles. The summed E-state index contributed by atoms with van der Waals surface area (Å²) in [5, 5.41) is 6.52. The zero-order valence-corrected chi connectivity index (χ0v) is 20.0. The topological polar surface area (TPSA) is 76.7 Å². The van der Waals surface area contributed by atoms with Crippen molar-refractivity contribution >= 4 is 29.2 Å². The molecule has 0 unspecified atom stereocenters. The van der Waals surface area contributed by atoms with Gasteiger partial charge in [0.1, 0.15) is 23.0 Å². The number of nitrogens with one attached hydrogen (secondary N) is 2. The van der Waals surface area contributed by atoms with E-state index in [0.29, 0.717) is 30.9 Å². The van der Waals surface area contributed by atoms with Crippen LogP contribution in [0.3, 0.4) is 0 Å². The quantitative estimate of drug-likeness (QED) is 0.613. The summed E-state index contributed by atoms with van der Waals surface area (Å²) in [6.45, 7) is 2.38. The number of methoxy groups -OCH3 is 1. The number of carbonyl (C=O) groups is 2. The molecular formula is C26H28ClFN2O4. The molecule has 0 radical (unpaired) electrons. The van der Waals surface area contributed by atoms with Crippen molar-refractivity contribution < 1.29 is 23.5 Å². The molecule has 5 rings (SSSR count). The molecular weight excluding hydrogens is 459 g/mol. The van der Waals surface area contributed by atoms with Gasteiger partial charge in [-0.05, 0) is 43.0 Å². The molecule has 3 aliphatic rings. The molecule has 2 N–H and O–H groups in total. The molecule has 0 bridgehead atoms. The first-order valence-electron chi connectivity index (χ1n) is 11.8. The van der Waals surface area contributed by atoms with Crippen LogP contribution in [0.25, 0.3) is 0 Å². The maximum Gasteiger partial charge on any atom is 0.323 e. The number of amides is 1. The molecule has 8 heteroatoms. The summed E-state index contributed by atoms with van der Waals surface area (Å²) < 4.78 is 26.4. The van der Waals surface area contributed by atoms with Crippen molar-refractivity contribution in [3.8, 4) is 5.75 Å². The minimum atomic E-state index is -1.22. The second-order valence-corrected chi connectivity index (χ2v) is 9.72. The van der Waals surface area contributed by atoms with Crippen molar-refractivity contribution in [1.82, 2.24) is 5.32 Å². The fourth-order valence-corrected chi connectivity index (χ4v) is 6.77. The zero-order valence-electron chi connectivity index (χ0n) is 19.3. The third kappa shape index (κ3) is 3.09. The smallest absolute Gasteiger partial charge is 0.323 e. The normalized spacial score (nSPS) is 27.0. The summed E-state index contributed by atoms with van der Waals surface area (Å²) in [6, 6.07) is 9.34. The molecule has 2 heterocycles. The van der Waals surface area contributed by atoms with E-state index >= 15 is 4.39 Å². The molecule has 1 aliphatic carbocycles. The molecule has 6 nitrogen and oxygen atoms in total. The van der Waals surface area contributed by atoms with E-state index in [1.807, 2.05) is 19.1 Å². The van der Waals surface area contributed by atoms with Gasteiger partial charge >= 0.3 is 5.97 Å². The van der Waals surface area contributed by atoms with Gasteiger partial charge in [0.05, 0.1) is 18.7 Å². The van der Waals surface area contributed by atoms with Gasteiger partial charge in [-0.1, -0.05) is 49.1 Å². The summed E-state index contributed by atoms with van der Waals surface area (Å²) in [7, 11) is 1.31. The number of hydrogen-bond donors (Lipinski definition) is 2. The van der Waals surface area contributed by atoms with Gasteiger partial charge in [-0.3, -0.25) is 14.9 Å². The van der Waals surface area contributed by atoms with Gasteiger partial charge in [0.2, 0.25) is 5.91 Å². The standard InChI is InChI=1S/C26H28ClFN2O4/c1-3-34-15-10-11-17-19(14-15)29-24(32)26(17)20(16-8-7-9-18(27)21(16)28)22(23(31)33-2)30-25(26)12-5-4-6-13-25/h7-11,14,20,22,30H,3-6,12-13H2,1-2H3,(H,29,32)/t20-,22+,26+/m0/s1.